The quantitative estimate of drug-likeness (QED) is 0.150. The number of para-hydroxylation sites is 1. The van der Waals surface area contributed by atoms with Gasteiger partial charge in [0.2, 0.25) is 0 Å². The first-order valence-electron chi connectivity index (χ1n) is 20.0. The topological polar surface area (TPSA) is 77.3 Å². The predicted molar refractivity (Wildman–Crippen MR) is 244 cm³/mol. The van der Waals surface area contributed by atoms with Crippen LogP contribution in [0.4, 0.5) is 0 Å². The molecule has 0 aliphatic rings. The SMILES string of the molecule is c1ccc(-c2nc(-c3ccccc3)nc(-c3cccc(-c4nc5ccccc5c5c(-c6ccccc6)cc6nc(-c7ccccc7)c(-c7ccccc7)nc6c45)c3)n2)cc1. The Hall–Kier alpha value is -8.22. The highest BCUT2D eigenvalue weighted by molar-refractivity contribution is 6.25. The molecule has 0 radical (unpaired) electrons. The third kappa shape index (κ3) is 6.33. The van der Waals surface area contributed by atoms with E-state index in [4.69, 9.17) is 29.9 Å². The van der Waals surface area contributed by atoms with Crippen LogP contribution in [-0.4, -0.2) is 29.9 Å². The van der Waals surface area contributed by atoms with Crippen LogP contribution in [0.2, 0.25) is 0 Å². The molecule has 3 aromatic heterocycles. The number of fused-ring (bicyclic) bond motifs is 5. The molecule has 60 heavy (non-hydrogen) atoms. The Bertz CT molecular complexity index is 3280. The van der Waals surface area contributed by atoms with Crippen LogP contribution in [0.3, 0.4) is 0 Å². The van der Waals surface area contributed by atoms with Gasteiger partial charge < -0.3 is 0 Å². The molecule has 6 nitrogen and oxygen atoms in total. The minimum absolute atomic E-state index is 0.572. The molecule has 3 heterocycles. The molecule has 0 saturated heterocycles. The number of hydrogen-bond donors (Lipinski definition) is 0. The van der Waals surface area contributed by atoms with Crippen LogP contribution in [0.1, 0.15) is 0 Å². The second kappa shape index (κ2) is 14.9. The van der Waals surface area contributed by atoms with Crippen LogP contribution in [-0.2, 0) is 0 Å². The molecule has 0 aliphatic carbocycles. The largest absolute Gasteiger partial charge is 0.247 e. The summed E-state index contributed by atoms with van der Waals surface area (Å²) in [6.45, 7) is 0. The standard InChI is InChI=1S/C54H34N6/c1-6-19-35(20-7-1)43-34-45-51(57-50(37-23-10-3-11-24-37)49(56-45)36-21-8-2-9-22-36)47-46(43)42-31-16-17-32-44(42)55-48(47)40-29-18-30-41(33-40)54-59-52(38-25-12-4-13-26-38)58-53(60-54)39-27-14-5-15-28-39/h1-34H. The Kier molecular flexibility index (Phi) is 8.71. The molecule has 0 spiro atoms. The summed E-state index contributed by atoms with van der Waals surface area (Å²) in [6.07, 6.45) is 0. The highest BCUT2D eigenvalue weighted by Gasteiger charge is 2.23. The van der Waals surface area contributed by atoms with Crippen molar-refractivity contribution in [1.82, 2.24) is 29.9 Å². The maximum atomic E-state index is 5.61. The first kappa shape index (κ1) is 35.0. The van der Waals surface area contributed by atoms with E-state index < -0.39 is 0 Å². The molecule has 0 atom stereocenters. The Morgan fingerprint density at radius 3 is 1.27 bits per heavy atom. The van der Waals surface area contributed by atoms with E-state index in [-0.39, 0.29) is 0 Å². The van der Waals surface area contributed by atoms with Crippen molar-refractivity contribution in [3.05, 3.63) is 206 Å². The van der Waals surface area contributed by atoms with Crippen LogP contribution in [0.25, 0.3) is 112 Å². The number of aromatic nitrogens is 6. The van der Waals surface area contributed by atoms with E-state index in [0.29, 0.717) is 17.5 Å². The van der Waals surface area contributed by atoms with Crippen molar-refractivity contribution >= 4 is 32.7 Å². The lowest BCUT2D eigenvalue weighted by molar-refractivity contribution is 1.07. The Labute approximate surface area is 346 Å². The van der Waals surface area contributed by atoms with Gasteiger partial charge in [0.25, 0.3) is 0 Å². The average Bonchev–Trinajstić information content (AvgIpc) is 3.34. The molecule has 0 unspecified atom stereocenters. The molecule has 8 aromatic carbocycles. The van der Waals surface area contributed by atoms with Gasteiger partial charge in [-0.25, -0.2) is 29.9 Å². The molecule has 0 N–H and O–H groups in total. The Balaban J connectivity index is 1.23. The van der Waals surface area contributed by atoms with Crippen molar-refractivity contribution in [1.29, 1.82) is 0 Å². The van der Waals surface area contributed by atoms with Gasteiger partial charge in [-0.3, -0.25) is 0 Å². The van der Waals surface area contributed by atoms with E-state index in [0.717, 1.165) is 94.3 Å². The molecule has 0 amide bonds. The molecule has 0 fully saturated rings. The fourth-order valence-corrected chi connectivity index (χ4v) is 8.06. The highest BCUT2D eigenvalue weighted by Crippen LogP contribution is 2.44. The van der Waals surface area contributed by atoms with E-state index in [1.807, 2.05) is 103 Å². The Morgan fingerprint density at radius 1 is 0.250 bits per heavy atom. The predicted octanol–water partition coefficient (Wildman–Crippen LogP) is 13.2. The van der Waals surface area contributed by atoms with E-state index in [1.165, 1.54) is 0 Å². The fourth-order valence-electron chi connectivity index (χ4n) is 8.06. The first-order chi connectivity index (χ1) is 29.7. The summed E-state index contributed by atoms with van der Waals surface area (Å²) >= 11 is 0. The van der Waals surface area contributed by atoms with E-state index in [2.05, 4.69) is 103 Å². The smallest absolute Gasteiger partial charge is 0.164 e. The number of pyridine rings is 1. The van der Waals surface area contributed by atoms with Crippen molar-refractivity contribution in [3.63, 3.8) is 0 Å². The Morgan fingerprint density at radius 2 is 0.683 bits per heavy atom. The van der Waals surface area contributed by atoms with Crippen LogP contribution >= 0.6 is 0 Å². The van der Waals surface area contributed by atoms with Crippen LogP contribution in [0.15, 0.2) is 206 Å². The van der Waals surface area contributed by atoms with E-state index >= 15 is 0 Å². The minimum atomic E-state index is 0.572. The van der Waals surface area contributed by atoms with Gasteiger partial charge in [0.1, 0.15) is 0 Å². The maximum absolute atomic E-state index is 5.61. The number of benzene rings is 8. The normalized spacial score (nSPS) is 11.3. The highest BCUT2D eigenvalue weighted by atomic mass is 15.0. The molecule has 280 valence electrons. The molecule has 11 aromatic rings. The molecular formula is C54H34N6. The third-order valence-corrected chi connectivity index (χ3v) is 10.9. The second-order valence-electron chi connectivity index (χ2n) is 14.7. The molecule has 0 bridgehead atoms. The molecule has 0 aliphatic heterocycles. The fraction of sp³-hybridized carbons (Fsp3) is 0. The van der Waals surface area contributed by atoms with Gasteiger partial charge in [-0.15, -0.1) is 0 Å². The van der Waals surface area contributed by atoms with E-state index in [1.54, 1.807) is 0 Å². The van der Waals surface area contributed by atoms with E-state index in [9.17, 15) is 0 Å². The van der Waals surface area contributed by atoms with Crippen molar-refractivity contribution in [2.24, 2.45) is 0 Å². The monoisotopic (exact) mass is 766 g/mol. The van der Waals surface area contributed by atoms with Crippen molar-refractivity contribution in [2.45, 2.75) is 0 Å². The lowest BCUT2D eigenvalue weighted by Gasteiger charge is -2.18. The molecule has 0 saturated carbocycles. The summed E-state index contributed by atoms with van der Waals surface area (Å²) in [5, 5.41) is 3.04. The number of hydrogen-bond acceptors (Lipinski definition) is 6. The number of nitrogens with zero attached hydrogens (tertiary/aromatic N) is 6. The summed E-state index contributed by atoms with van der Waals surface area (Å²) < 4.78 is 0. The maximum Gasteiger partial charge on any atom is 0.164 e. The van der Waals surface area contributed by atoms with Crippen molar-refractivity contribution in [2.75, 3.05) is 0 Å². The van der Waals surface area contributed by atoms with Gasteiger partial charge in [0, 0.05) is 49.5 Å². The lowest BCUT2D eigenvalue weighted by atomic mass is 9.91. The van der Waals surface area contributed by atoms with Crippen LogP contribution in [0, 0.1) is 0 Å². The second-order valence-corrected chi connectivity index (χ2v) is 14.7. The van der Waals surface area contributed by atoms with Gasteiger partial charge in [-0.1, -0.05) is 188 Å². The summed E-state index contributed by atoms with van der Waals surface area (Å²) in [4.78, 5) is 31.7. The molecule has 6 heteroatoms. The lowest BCUT2D eigenvalue weighted by Crippen LogP contribution is -2.01. The summed E-state index contributed by atoms with van der Waals surface area (Å²) in [5.74, 6) is 1.79. The molecular weight excluding hydrogens is 733 g/mol. The third-order valence-electron chi connectivity index (χ3n) is 10.9. The first-order valence-corrected chi connectivity index (χ1v) is 20.0. The minimum Gasteiger partial charge on any atom is -0.247 e. The summed E-state index contributed by atoms with van der Waals surface area (Å²) in [6, 6.07) is 70.2. The van der Waals surface area contributed by atoms with Crippen molar-refractivity contribution < 1.29 is 0 Å². The summed E-state index contributed by atoms with van der Waals surface area (Å²) in [7, 11) is 0. The average molecular weight is 767 g/mol. The summed E-state index contributed by atoms with van der Waals surface area (Å²) in [5.41, 5.74) is 12.6. The van der Waals surface area contributed by atoms with Gasteiger partial charge in [0.15, 0.2) is 17.5 Å². The van der Waals surface area contributed by atoms with Gasteiger partial charge >= 0.3 is 0 Å². The van der Waals surface area contributed by atoms with Gasteiger partial charge in [-0.2, -0.15) is 0 Å². The van der Waals surface area contributed by atoms with Crippen LogP contribution in [0.5, 0.6) is 0 Å². The number of rotatable bonds is 7. The zero-order valence-electron chi connectivity index (χ0n) is 32.3. The van der Waals surface area contributed by atoms with Gasteiger partial charge in [-0.05, 0) is 29.3 Å². The zero-order valence-corrected chi connectivity index (χ0v) is 32.3. The van der Waals surface area contributed by atoms with Gasteiger partial charge in [0.05, 0.1) is 33.6 Å². The molecule has 11 rings (SSSR count). The van der Waals surface area contributed by atoms with Crippen molar-refractivity contribution in [3.8, 4) is 79.1 Å². The van der Waals surface area contributed by atoms with Crippen LogP contribution < -0.4 is 0 Å². The zero-order chi connectivity index (χ0) is 39.8.